The number of benzene rings is 2. The highest BCUT2D eigenvalue weighted by Gasteiger charge is 2.26. The van der Waals surface area contributed by atoms with Gasteiger partial charge in [-0.3, -0.25) is 9.59 Å². The number of carbonyl (C=O) groups is 3. The van der Waals surface area contributed by atoms with Crippen molar-refractivity contribution < 1.29 is 29.0 Å². The third-order valence-electron chi connectivity index (χ3n) is 5.00. The molecule has 2 N–H and O–H groups in total. The molecule has 11 heteroatoms. The van der Waals surface area contributed by atoms with E-state index in [1.807, 2.05) is 24.3 Å². The molecule has 3 rings (SSSR count). The van der Waals surface area contributed by atoms with Crippen molar-refractivity contribution in [2.24, 2.45) is 0 Å². The van der Waals surface area contributed by atoms with E-state index in [1.165, 1.54) is 0 Å². The normalized spacial score (nSPS) is 11.5. The predicted molar refractivity (Wildman–Crippen MR) is 124 cm³/mol. The summed E-state index contributed by atoms with van der Waals surface area (Å²) in [7, 11) is 0. The Morgan fingerprint density at radius 1 is 1.09 bits per heavy atom. The lowest BCUT2D eigenvalue weighted by molar-refractivity contribution is -0.139. The van der Waals surface area contributed by atoms with Gasteiger partial charge in [-0.05, 0) is 46.5 Å². The van der Waals surface area contributed by atoms with Crippen LogP contribution in [0.3, 0.4) is 0 Å². The first-order valence-electron chi connectivity index (χ1n) is 11.2. The highest BCUT2D eigenvalue weighted by Crippen LogP contribution is 2.21. The van der Waals surface area contributed by atoms with Gasteiger partial charge in [0.15, 0.2) is 5.78 Å². The third kappa shape index (κ3) is 8.22. The molecule has 1 amide bonds. The highest BCUT2D eigenvalue weighted by atomic mass is 16.5. The van der Waals surface area contributed by atoms with Gasteiger partial charge in [-0.1, -0.05) is 60.9 Å². The number of aromatic nitrogens is 4. The number of ketones is 1. The standard InChI is InChI=1S/C24H27N5O6/c1-2-3-8-17-11-7-12-19(13-17)35-23-26-27-28-29(23)15-21(30)20(14-22(31)32)25-24(33)34-16-18-9-5-4-6-10-18/h4-7,9-13,20H,2-3,8,14-16H2,1H3,(H,25,33)(H,31,32). The molecule has 35 heavy (non-hydrogen) atoms. The van der Waals surface area contributed by atoms with E-state index >= 15 is 0 Å². The topological polar surface area (TPSA) is 146 Å². The number of hydrogen-bond acceptors (Lipinski definition) is 8. The second kappa shape index (κ2) is 12.8. The number of nitrogens with one attached hydrogen (secondary N) is 1. The molecule has 11 nitrogen and oxygen atoms in total. The van der Waals surface area contributed by atoms with Crippen LogP contribution in [-0.2, 0) is 33.9 Å². The molecule has 1 aromatic heterocycles. The Bertz CT molecular complexity index is 1130. The predicted octanol–water partition coefficient (Wildman–Crippen LogP) is 3.15. The van der Waals surface area contributed by atoms with E-state index in [1.54, 1.807) is 30.3 Å². The third-order valence-corrected chi connectivity index (χ3v) is 5.00. The van der Waals surface area contributed by atoms with Crippen LogP contribution in [0.15, 0.2) is 54.6 Å². The van der Waals surface area contributed by atoms with Crippen LogP contribution in [0.2, 0.25) is 0 Å². The number of carbonyl (C=O) groups excluding carboxylic acids is 2. The van der Waals surface area contributed by atoms with Crippen LogP contribution in [0.5, 0.6) is 11.8 Å². The van der Waals surface area contributed by atoms with Crippen molar-refractivity contribution in [1.29, 1.82) is 0 Å². The SMILES string of the molecule is CCCCc1cccc(Oc2nnnn2CC(=O)C(CC(=O)O)NC(=O)OCc2ccccc2)c1. The van der Waals surface area contributed by atoms with Crippen molar-refractivity contribution in [1.82, 2.24) is 25.5 Å². The summed E-state index contributed by atoms with van der Waals surface area (Å²) in [5.41, 5.74) is 1.84. The van der Waals surface area contributed by atoms with Crippen LogP contribution in [0.4, 0.5) is 4.79 Å². The van der Waals surface area contributed by atoms with Crippen LogP contribution in [0.25, 0.3) is 0 Å². The Hall–Kier alpha value is -4.28. The molecule has 0 aliphatic heterocycles. The average Bonchev–Trinajstić information content (AvgIpc) is 3.27. The summed E-state index contributed by atoms with van der Waals surface area (Å²) in [6, 6.07) is 15.0. The molecule has 0 saturated heterocycles. The maximum absolute atomic E-state index is 12.8. The molecule has 1 atom stereocenters. The fourth-order valence-electron chi connectivity index (χ4n) is 3.20. The first-order valence-corrected chi connectivity index (χ1v) is 11.2. The number of unbranched alkanes of at least 4 members (excludes halogenated alkanes) is 1. The smallest absolute Gasteiger partial charge is 0.408 e. The quantitative estimate of drug-likeness (QED) is 0.376. The van der Waals surface area contributed by atoms with Crippen molar-refractivity contribution in [3.05, 3.63) is 65.7 Å². The summed E-state index contributed by atoms with van der Waals surface area (Å²) in [6.07, 6.45) is 1.47. The summed E-state index contributed by atoms with van der Waals surface area (Å²) in [5.74, 6) is -1.38. The van der Waals surface area contributed by atoms with E-state index < -0.39 is 36.9 Å². The fraction of sp³-hybridized carbons (Fsp3) is 0.333. The zero-order chi connectivity index (χ0) is 25.0. The number of Topliss-reactive ketones (excluding diaryl/α,β-unsaturated/α-hetero) is 1. The van der Waals surface area contributed by atoms with Gasteiger partial charge in [0.05, 0.1) is 6.42 Å². The maximum Gasteiger partial charge on any atom is 0.408 e. The molecule has 1 unspecified atom stereocenters. The number of amides is 1. The maximum atomic E-state index is 12.8. The number of ether oxygens (including phenoxy) is 2. The number of aliphatic carboxylic acids is 1. The molecule has 0 saturated carbocycles. The Balaban J connectivity index is 1.62. The Kier molecular flexibility index (Phi) is 9.29. The summed E-state index contributed by atoms with van der Waals surface area (Å²) in [5, 5.41) is 22.6. The lowest BCUT2D eigenvalue weighted by Crippen LogP contribution is -2.44. The minimum absolute atomic E-state index is 0.0248. The number of tetrazole rings is 1. The molecule has 0 aliphatic rings. The van der Waals surface area contributed by atoms with Crippen molar-refractivity contribution in [3.63, 3.8) is 0 Å². The molecule has 2 aromatic carbocycles. The number of rotatable bonds is 13. The first kappa shape index (κ1) is 25.3. The lowest BCUT2D eigenvalue weighted by Gasteiger charge is -2.16. The summed E-state index contributed by atoms with van der Waals surface area (Å²) < 4.78 is 12.0. The van der Waals surface area contributed by atoms with Gasteiger partial charge in [0.2, 0.25) is 0 Å². The Morgan fingerprint density at radius 2 is 1.86 bits per heavy atom. The van der Waals surface area contributed by atoms with Gasteiger partial charge in [-0.15, -0.1) is 0 Å². The molecule has 184 valence electrons. The van der Waals surface area contributed by atoms with Gasteiger partial charge in [-0.25, -0.2) is 4.79 Å². The largest absolute Gasteiger partial charge is 0.481 e. The van der Waals surface area contributed by atoms with Gasteiger partial charge >= 0.3 is 18.1 Å². The van der Waals surface area contributed by atoms with Gasteiger partial charge in [0, 0.05) is 0 Å². The van der Waals surface area contributed by atoms with E-state index in [-0.39, 0.29) is 12.6 Å². The van der Waals surface area contributed by atoms with Gasteiger partial charge in [-0.2, -0.15) is 4.68 Å². The highest BCUT2D eigenvalue weighted by molar-refractivity contribution is 5.90. The van der Waals surface area contributed by atoms with E-state index in [0.717, 1.165) is 35.1 Å². The number of aryl methyl sites for hydroxylation is 1. The van der Waals surface area contributed by atoms with Gasteiger partial charge in [0.25, 0.3) is 0 Å². The molecule has 0 spiro atoms. The average molecular weight is 482 g/mol. The first-order chi connectivity index (χ1) is 16.9. The minimum Gasteiger partial charge on any atom is -0.481 e. The molecule has 0 radical (unpaired) electrons. The monoisotopic (exact) mass is 481 g/mol. The molecule has 0 fully saturated rings. The lowest BCUT2D eigenvalue weighted by atomic mass is 10.1. The van der Waals surface area contributed by atoms with E-state index in [2.05, 4.69) is 27.8 Å². The second-order valence-electron chi connectivity index (χ2n) is 7.79. The van der Waals surface area contributed by atoms with Crippen LogP contribution < -0.4 is 10.1 Å². The zero-order valence-corrected chi connectivity index (χ0v) is 19.3. The fourth-order valence-corrected chi connectivity index (χ4v) is 3.20. The minimum atomic E-state index is -1.34. The van der Waals surface area contributed by atoms with Crippen molar-refractivity contribution >= 4 is 17.8 Å². The second-order valence-corrected chi connectivity index (χ2v) is 7.79. The molecule has 3 aromatic rings. The van der Waals surface area contributed by atoms with Crippen molar-refractivity contribution in [2.45, 2.75) is 51.8 Å². The number of carboxylic acids is 1. The van der Waals surface area contributed by atoms with E-state index in [4.69, 9.17) is 9.47 Å². The van der Waals surface area contributed by atoms with Crippen molar-refractivity contribution in [3.8, 4) is 11.8 Å². The van der Waals surface area contributed by atoms with E-state index in [0.29, 0.717) is 5.75 Å². The van der Waals surface area contributed by atoms with Crippen LogP contribution in [-0.4, -0.2) is 49.2 Å². The number of nitrogens with zero attached hydrogens (tertiary/aromatic N) is 4. The zero-order valence-electron chi connectivity index (χ0n) is 19.3. The van der Waals surface area contributed by atoms with Crippen LogP contribution >= 0.6 is 0 Å². The number of alkyl carbamates (subject to hydrolysis) is 1. The van der Waals surface area contributed by atoms with Crippen LogP contribution in [0.1, 0.15) is 37.3 Å². The Morgan fingerprint density at radius 3 is 2.60 bits per heavy atom. The summed E-state index contributed by atoms with van der Waals surface area (Å²) in [6.45, 7) is 1.68. The van der Waals surface area contributed by atoms with Gasteiger partial charge < -0.3 is 19.9 Å². The van der Waals surface area contributed by atoms with E-state index in [9.17, 15) is 19.5 Å². The summed E-state index contributed by atoms with van der Waals surface area (Å²) >= 11 is 0. The number of hydrogen-bond donors (Lipinski definition) is 2. The molecule has 0 aliphatic carbocycles. The Labute approximate surface area is 202 Å². The molecular formula is C24H27N5O6. The van der Waals surface area contributed by atoms with Crippen molar-refractivity contribution in [2.75, 3.05) is 0 Å². The number of carboxylic acid groups (broad SMARTS) is 1. The summed E-state index contributed by atoms with van der Waals surface area (Å²) in [4.78, 5) is 36.3. The molecule has 1 heterocycles. The van der Waals surface area contributed by atoms with Gasteiger partial charge in [0.1, 0.15) is 24.9 Å². The molecular weight excluding hydrogens is 454 g/mol. The van der Waals surface area contributed by atoms with Crippen LogP contribution in [0, 0.1) is 0 Å². The molecule has 0 bridgehead atoms.